The van der Waals surface area contributed by atoms with Crippen LogP contribution in [0.15, 0.2) is 0 Å². The van der Waals surface area contributed by atoms with Gasteiger partial charge >= 0.3 is 0 Å². The van der Waals surface area contributed by atoms with Crippen molar-refractivity contribution in [1.29, 1.82) is 0 Å². The summed E-state index contributed by atoms with van der Waals surface area (Å²) in [5, 5.41) is 2.83. The van der Waals surface area contributed by atoms with Crippen LogP contribution in [-0.4, -0.2) is 48.6 Å². The van der Waals surface area contributed by atoms with Gasteiger partial charge in [-0.2, -0.15) is 0 Å². The fourth-order valence-corrected chi connectivity index (χ4v) is 2.18. The molecule has 1 aliphatic heterocycles. The summed E-state index contributed by atoms with van der Waals surface area (Å²) in [7, 11) is 0. The number of nitrogens with one attached hydrogen (secondary N) is 1. The second-order valence-electron chi connectivity index (χ2n) is 4.74. The molecule has 1 atom stereocenters. The molecule has 0 spiro atoms. The number of ether oxygens (including phenoxy) is 1. The van der Waals surface area contributed by atoms with Crippen LogP contribution >= 0.6 is 0 Å². The molecule has 2 aliphatic rings. The van der Waals surface area contributed by atoms with Gasteiger partial charge in [0, 0.05) is 32.7 Å². The standard InChI is InChI=1S/C12H20N2O3/c1-9(15)14(10-4-5-10)7-6-13-12(16)11-3-2-8-17-11/h10-11H,2-8H2,1H3,(H,13,16). The average Bonchev–Trinajstić information content (AvgIpc) is 2.96. The molecule has 0 bridgehead atoms. The molecule has 1 aliphatic carbocycles. The second-order valence-corrected chi connectivity index (χ2v) is 4.74. The lowest BCUT2D eigenvalue weighted by molar-refractivity contribution is -0.132. The molecule has 2 rings (SSSR count). The fraction of sp³-hybridized carbons (Fsp3) is 0.833. The lowest BCUT2D eigenvalue weighted by atomic mass is 10.2. The molecule has 96 valence electrons. The summed E-state index contributed by atoms with van der Waals surface area (Å²) in [5.74, 6) is 0.0562. The molecule has 1 saturated heterocycles. The zero-order valence-corrected chi connectivity index (χ0v) is 10.3. The summed E-state index contributed by atoms with van der Waals surface area (Å²) in [6, 6.07) is 0.409. The molecule has 1 saturated carbocycles. The third-order valence-corrected chi connectivity index (χ3v) is 3.27. The maximum atomic E-state index is 11.6. The quantitative estimate of drug-likeness (QED) is 0.751. The first-order chi connectivity index (χ1) is 8.18. The molecule has 0 radical (unpaired) electrons. The van der Waals surface area contributed by atoms with Gasteiger partial charge in [0.05, 0.1) is 0 Å². The van der Waals surface area contributed by atoms with Crippen molar-refractivity contribution in [3.8, 4) is 0 Å². The lowest BCUT2D eigenvalue weighted by Crippen LogP contribution is -2.41. The van der Waals surface area contributed by atoms with Crippen molar-refractivity contribution in [1.82, 2.24) is 10.2 Å². The molecule has 1 heterocycles. The van der Waals surface area contributed by atoms with Gasteiger partial charge in [-0.25, -0.2) is 0 Å². The van der Waals surface area contributed by atoms with E-state index in [4.69, 9.17) is 4.74 Å². The number of hydrogen-bond donors (Lipinski definition) is 1. The van der Waals surface area contributed by atoms with Gasteiger partial charge in [-0.3, -0.25) is 9.59 Å². The molecule has 0 aromatic carbocycles. The number of nitrogens with zero attached hydrogens (tertiary/aromatic N) is 1. The van der Waals surface area contributed by atoms with E-state index in [1.807, 2.05) is 4.90 Å². The van der Waals surface area contributed by atoms with E-state index in [0.717, 1.165) is 25.7 Å². The lowest BCUT2D eigenvalue weighted by Gasteiger charge is -2.21. The van der Waals surface area contributed by atoms with Crippen molar-refractivity contribution in [2.75, 3.05) is 19.7 Å². The first-order valence-electron chi connectivity index (χ1n) is 6.35. The Hall–Kier alpha value is -1.10. The minimum Gasteiger partial charge on any atom is -0.368 e. The maximum absolute atomic E-state index is 11.6. The Morgan fingerprint density at radius 2 is 2.12 bits per heavy atom. The molecular formula is C12H20N2O3. The summed E-state index contributed by atoms with van der Waals surface area (Å²) in [4.78, 5) is 24.8. The predicted molar refractivity (Wildman–Crippen MR) is 62.4 cm³/mol. The van der Waals surface area contributed by atoms with Crippen LogP contribution in [0.3, 0.4) is 0 Å². The molecule has 2 amide bonds. The highest BCUT2D eigenvalue weighted by atomic mass is 16.5. The summed E-state index contributed by atoms with van der Waals surface area (Å²) in [6.45, 7) is 3.40. The van der Waals surface area contributed by atoms with Crippen LogP contribution in [0.1, 0.15) is 32.6 Å². The van der Waals surface area contributed by atoms with E-state index < -0.39 is 0 Å². The van der Waals surface area contributed by atoms with Gasteiger partial charge in [-0.15, -0.1) is 0 Å². The Morgan fingerprint density at radius 1 is 1.35 bits per heavy atom. The van der Waals surface area contributed by atoms with Crippen molar-refractivity contribution in [3.63, 3.8) is 0 Å². The van der Waals surface area contributed by atoms with Crippen molar-refractivity contribution in [3.05, 3.63) is 0 Å². The molecule has 5 nitrogen and oxygen atoms in total. The van der Waals surface area contributed by atoms with Gasteiger partial charge in [-0.05, 0) is 25.7 Å². The smallest absolute Gasteiger partial charge is 0.249 e. The maximum Gasteiger partial charge on any atom is 0.249 e. The fourth-order valence-electron chi connectivity index (χ4n) is 2.18. The SMILES string of the molecule is CC(=O)N(CCNC(=O)C1CCCO1)C1CC1. The second kappa shape index (κ2) is 5.49. The normalized spacial score (nSPS) is 23.5. The molecule has 1 N–H and O–H groups in total. The van der Waals surface area contributed by atoms with Crippen LogP contribution in [0.5, 0.6) is 0 Å². The van der Waals surface area contributed by atoms with Crippen LogP contribution < -0.4 is 5.32 Å². The van der Waals surface area contributed by atoms with Gasteiger partial charge < -0.3 is 15.0 Å². The van der Waals surface area contributed by atoms with Gasteiger partial charge in [0.2, 0.25) is 11.8 Å². The molecule has 1 unspecified atom stereocenters. The van der Waals surface area contributed by atoms with Crippen molar-refractivity contribution < 1.29 is 14.3 Å². The van der Waals surface area contributed by atoms with E-state index in [0.29, 0.717) is 25.7 Å². The Kier molecular flexibility index (Phi) is 3.99. The Morgan fingerprint density at radius 3 is 2.65 bits per heavy atom. The third-order valence-electron chi connectivity index (χ3n) is 3.27. The highest BCUT2D eigenvalue weighted by Gasteiger charge is 2.30. The van der Waals surface area contributed by atoms with Gasteiger partial charge in [0.1, 0.15) is 6.10 Å². The third kappa shape index (κ3) is 3.43. The number of hydrogen-bond acceptors (Lipinski definition) is 3. The van der Waals surface area contributed by atoms with Gasteiger partial charge in [0.15, 0.2) is 0 Å². The molecular weight excluding hydrogens is 220 g/mol. The van der Waals surface area contributed by atoms with Crippen LogP contribution in [0.25, 0.3) is 0 Å². The topological polar surface area (TPSA) is 58.6 Å². The van der Waals surface area contributed by atoms with Crippen molar-refractivity contribution in [2.24, 2.45) is 0 Å². The number of amides is 2. The summed E-state index contributed by atoms with van der Waals surface area (Å²) in [5.41, 5.74) is 0. The van der Waals surface area contributed by atoms with Gasteiger partial charge in [0.25, 0.3) is 0 Å². The minimum atomic E-state index is -0.276. The van der Waals surface area contributed by atoms with Gasteiger partial charge in [-0.1, -0.05) is 0 Å². The number of carbonyl (C=O) groups excluding carboxylic acids is 2. The molecule has 17 heavy (non-hydrogen) atoms. The Balaban J connectivity index is 1.67. The monoisotopic (exact) mass is 240 g/mol. The first-order valence-corrected chi connectivity index (χ1v) is 6.35. The van der Waals surface area contributed by atoms with E-state index >= 15 is 0 Å². The zero-order chi connectivity index (χ0) is 12.3. The van der Waals surface area contributed by atoms with Crippen LogP contribution in [-0.2, 0) is 14.3 Å². The van der Waals surface area contributed by atoms with E-state index in [1.165, 1.54) is 0 Å². The predicted octanol–water partition coefficient (Wildman–Crippen LogP) is 0.293. The first kappa shape index (κ1) is 12.4. The summed E-state index contributed by atoms with van der Waals surface area (Å²) >= 11 is 0. The van der Waals surface area contributed by atoms with Crippen molar-refractivity contribution in [2.45, 2.75) is 44.8 Å². The summed E-state index contributed by atoms with van der Waals surface area (Å²) in [6.07, 6.45) is 3.69. The number of carbonyl (C=O) groups is 2. The van der Waals surface area contributed by atoms with Crippen LogP contribution in [0.4, 0.5) is 0 Å². The zero-order valence-electron chi connectivity index (χ0n) is 10.3. The number of rotatable bonds is 5. The van der Waals surface area contributed by atoms with Crippen LogP contribution in [0, 0.1) is 0 Å². The van der Waals surface area contributed by atoms with E-state index in [2.05, 4.69) is 5.32 Å². The Labute approximate surface area is 101 Å². The molecule has 5 heteroatoms. The largest absolute Gasteiger partial charge is 0.368 e. The summed E-state index contributed by atoms with van der Waals surface area (Å²) < 4.78 is 5.29. The molecule has 0 aromatic heterocycles. The van der Waals surface area contributed by atoms with E-state index in [1.54, 1.807) is 6.92 Å². The van der Waals surface area contributed by atoms with Crippen LogP contribution in [0.2, 0.25) is 0 Å². The Bertz CT molecular complexity index is 296. The average molecular weight is 240 g/mol. The van der Waals surface area contributed by atoms with Crippen molar-refractivity contribution >= 4 is 11.8 Å². The van der Waals surface area contributed by atoms with E-state index in [-0.39, 0.29) is 17.9 Å². The highest BCUT2D eigenvalue weighted by molar-refractivity contribution is 5.81. The minimum absolute atomic E-state index is 0.0400. The van der Waals surface area contributed by atoms with E-state index in [9.17, 15) is 9.59 Å². The molecule has 0 aromatic rings. The highest BCUT2D eigenvalue weighted by Crippen LogP contribution is 2.26. The molecule has 2 fully saturated rings.